The van der Waals surface area contributed by atoms with Gasteiger partial charge in [-0.05, 0) is 78.9 Å². The van der Waals surface area contributed by atoms with Crippen molar-refractivity contribution in [3.63, 3.8) is 0 Å². The highest BCUT2D eigenvalue weighted by Crippen LogP contribution is 2.43. The van der Waals surface area contributed by atoms with Crippen LogP contribution < -0.4 is 14.4 Å². The van der Waals surface area contributed by atoms with Crippen LogP contribution in [0, 0.1) is 0 Å². The van der Waals surface area contributed by atoms with Gasteiger partial charge >= 0.3 is 0 Å². The van der Waals surface area contributed by atoms with E-state index in [-0.39, 0.29) is 22.9 Å². The number of hydrogen-bond donors (Lipinski definition) is 1. The van der Waals surface area contributed by atoms with Crippen molar-refractivity contribution in [2.45, 2.75) is 52.2 Å². The number of benzene rings is 3. The van der Waals surface area contributed by atoms with E-state index < -0.39 is 17.7 Å². The van der Waals surface area contributed by atoms with E-state index in [0.717, 1.165) is 5.56 Å². The van der Waals surface area contributed by atoms with Gasteiger partial charge in [-0.25, -0.2) is 0 Å². The SMILES string of the molecule is COc1cccc(C2/C(=C(/O)c3ccc(OC(C)C)cc3)C(=O)C(=O)N2c2ccc(C(C)(C)C)cc2)c1. The Balaban J connectivity index is 1.86. The van der Waals surface area contributed by atoms with Gasteiger partial charge in [-0.1, -0.05) is 45.0 Å². The number of rotatable bonds is 6. The summed E-state index contributed by atoms with van der Waals surface area (Å²) in [7, 11) is 1.56. The van der Waals surface area contributed by atoms with E-state index in [9.17, 15) is 14.7 Å². The molecule has 0 aromatic heterocycles. The van der Waals surface area contributed by atoms with Crippen LogP contribution in [0.15, 0.2) is 78.4 Å². The Bertz CT molecular complexity index is 1330. The van der Waals surface area contributed by atoms with E-state index in [1.54, 1.807) is 49.6 Å². The molecule has 0 aliphatic carbocycles. The fourth-order valence-electron chi connectivity index (χ4n) is 4.47. The number of carbonyl (C=O) groups excluding carboxylic acids is 2. The molecule has 1 saturated heterocycles. The molecule has 6 heteroatoms. The lowest BCUT2D eigenvalue weighted by atomic mass is 9.87. The summed E-state index contributed by atoms with van der Waals surface area (Å²) in [6, 6.07) is 20.8. The zero-order valence-corrected chi connectivity index (χ0v) is 22.1. The first kappa shape index (κ1) is 26.0. The molecule has 1 unspecified atom stereocenters. The average Bonchev–Trinajstić information content (AvgIpc) is 3.13. The summed E-state index contributed by atoms with van der Waals surface area (Å²) < 4.78 is 11.1. The van der Waals surface area contributed by atoms with Crippen LogP contribution in [0.3, 0.4) is 0 Å². The summed E-state index contributed by atoms with van der Waals surface area (Å²) in [6.45, 7) is 10.2. The number of nitrogens with zero attached hydrogens (tertiary/aromatic N) is 1. The molecule has 0 saturated carbocycles. The second-order valence-corrected chi connectivity index (χ2v) is 10.4. The first-order valence-corrected chi connectivity index (χ1v) is 12.3. The molecule has 0 spiro atoms. The van der Waals surface area contributed by atoms with E-state index >= 15 is 0 Å². The maximum absolute atomic E-state index is 13.4. The Morgan fingerprint density at radius 2 is 1.57 bits per heavy atom. The van der Waals surface area contributed by atoms with E-state index in [2.05, 4.69) is 20.8 Å². The second-order valence-electron chi connectivity index (χ2n) is 10.4. The molecule has 1 aliphatic heterocycles. The predicted molar refractivity (Wildman–Crippen MR) is 145 cm³/mol. The normalized spacial score (nSPS) is 17.4. The topological polar surface area (TPSA) is 76.1 Å². The Labute approximate surface area is 218 Å². The van der Waals surface area contributed by atoms with E-state index in [1.165, 1.54) is 4.90 Å². The van der Waals surface area contributed by atoms with Gasteiger partial charge in [-0.2, -0.15) is 0 Å². The molecule has 1 fully saturated rings. The number of Topliss-reactive ketones (excluding diaryl/α,β-unsaturated/α-hetero) is 1. The van der Waals surface area contributed by atoms with Crippen LogP contribution in [0.25, 0.3) is 5.76 Å². The van der Waals surface area contributed by atoms with Gasteiger partial charge in [0.15, 0.2) is 0 Å². The number of anilines is 1. The summed E-state index contributed by atoms with van der Waals surface area (Å²) in [5, 5.41) is 11.4. The maximum atomic E-state index is 13.4. The smallest absolute Gasteiger partial charge is 0.300 e. The van der Waals surface area contributed by atoms with Crippen molar-refractivity contribution >= 4 is 23.1 Å². The number of ketones is 1. The lowest BCUT2D eigenvalue weighted by molar-refractivity contribution is -0.132. The van der Waals surface area contributed by atoms with Crippen molar-refractivity contribution in [1.82, 2.24) is 0 Å². The number of ether oxygens (including phenoxy) is 2. The lowest BCUT2D eigenvalue weighted by Crippen LogP contribution is -2.29. The Kier molecular flexibility index (Phi) is 7.12. The molecule has 1 N–H and O–H groups in total. The Morgan fingerprint density at radius 3 is 2.14 bits per heavy atom. The summed E-state index contributed by atoms with van der Waals surface area (Å²) in [6.07, 6.45) is 0.00232. The van der Waals surface area contributed by atoms with Crippen molar-refractivity contribution < 1.29 is 24.2 Å². The molecule has 0 bridgehead atoms. The molecule has 37 heavy (non-hydrogen) atoms. The van der Waals surface area contributed by atoms with Gasteiger partial charge in [-0.15, -0.1) is 0 Å². The first-order chi connectivity index (χ1) is 17.5. The average molecular weight is 500 g/mol. The van der Waals surface area contributed by atoms with Crippen molar-refractivity contribution in [3.8, 4) is 11.5 Å². The van der Waals surface area contributed by atoms with Gasteiger partial charge in [0.2, 0.25) is 0 Å². The van der Waals surface area contributed by atoms with Crippen LogP contribution in [0.1, 0.15) is 57.4 Å². The van der Waals surface area contributed by atoms with Crippen LogP contribution in [-0.2, 0) is 15.0 Å². The molecule has 1 amide bonds. The molecule has 3 aromatic rings. The zero-order valence-electron chi connectivity index (χ0n) is 22.1. The van der Waals surface area contributed by atoms with Crippen LogP contribution in [-0.4, -0.2) is 30.0 Å². The minimum atomic E-state index is -0.831. The number of hydrogen-bond acceptors (Lipinski definition) is 5. The van der Waals surface area contributed by atoms with Crippen LogP contribution in [0.2, 0.25) is 0 Å². The summed E-state index contributed by atoms with van der Waals surface area (Å²) in [4.78, 5) is 28.3. The number of aliphatic hydroxyl groups excluding tert-OH is 1. The monoisotopic (exact) mass is 499 g/mol. The predicted octanol–water partition coefficient (Wildman–Crippen LogP) is 6.41. The second kappa shape index (κ2) is 10.1. The van der Waals surface area contributed by atoms with Gasteiger partial charge in [0.05, 0.1) is 24.8 Å². The largest absolute Gasteiger partial charge is 0.507 e. The fraction of sp³-hybridized carbons (Fsp3) is 0.290. The fourth-order valence-corrected chi connectivity index (χ4v) is 4.47. The minimum absolute atomic E-state index is 0.00232. The third kappa shape index (κ3) is 5.24. The molecular formula is C31H33NO5. The molecule has 1 atom stereocenters. The molecule has 0 radical (unpaired) electrons. The van der Waals surface area contributed by atoms with Crippen molar-refractivity contribution in [2.24, 2.45) is 0 Å². The zero-order chi connectivity index (χ0) is 26.9. The van der Waals surface area contributed by atoms with Crippen molar-refractivity contribution in [1.29, 1.82) is 0 Å². The molecule has 1 aliphatic rings. The number of carbonyl (C=O) groups is 2. The van der Waals surface area contributed by atoms with Crippen molar-refractivity contribution in [3.05, 3.63) is 95.1 Å². The summed E-state index contributed by atoms with van der Waals surface area (Å²) in [5.41, 5.74) is 2.71. The molecular weight excluding hydrogens is 466 g/mol. The number of amides is 1. The summed E-state index contributed by atoms with van der Waals surface area (Å²) in [5.74, 6) is -0.446. The van der Waals surface area contributed by atoms with Crippen molar-refractivity contribution in [2.75, 3.05) is 12.0 Å². The third-order valence-electron chi connectivity index (χ3n) is 6.36. The lowest BCUT2D eigenvalue weighted by Gasteiger charge is -2.27. The van der Waals surface area contributed by atoms with Crippen LogP contribution in [0.5, 0.6) is 11.5 Å². The highest BCUT2D eigenvalue weighted by atomic mass is 16.5. The molecule has 3 aromatic carbocycles. The van der Waals surface area contributed by atoms with Gasteiger partial charge in [-0.3, -0.25) is 14.5 Å². The summed E-state index contributed by atoms with van der Waals surface area (Å²) >= 11 is 0. The highest BCUT2D eigenvalue weighted by molar-refractivity contribution is 6.51. The van der Waals surface area contributed by atoms with E-state index in [0.29, 0.717) is 28.3 Å². The quantitative estimate of drug-likeness (QED) is 0.241. The van der Waals surface area contributed by atoms with Gasteiger partial charge < -0.3 is 14.6 Å². The Morgan fingerprint density at radius 1 is 0.919 bits per heavy atom. The van der Waals surface area contributed by atoms with Crippen LogP contribution >= 0.6 is 0 Å². The standard InChI is InChI=1S/C31H33NO5/c1-19(2)37-24-16-10-20(11-17-24)28(33)26-27(21-8-7-9-25(18-21)36-6)32(30(35)29(26)34)23-14-12-22(13-15-23)31(3,4)5/h7-19,27,33H,1-6H3/b28-26-. The molecule has 4 rings (SSSR count). The van der Waals surface area contributed by atoms with Crippen LogP contribution in [0.4, 0.5) is 5.69 Å². The number of methoxy groups -OCH3 is 1. The molecule has 6 nitrogen and oxygen atoms in total. The van der Waals surface area contributed by atoms with Gasteiger partial charge in [0, 0.05) is 11.3 Å². The molecule has 192 valence electrons. The maximum Gasteiger partial charge on any atom is 0.300 e. The Hall–Kier alpha value is -4.06. The molecule has 1 heterocycles. The first-order valence-electron chi connectivity index (χ1n) is 12.3. The van der Waals surface area contributed by atoms with E-state index in [1.807, 2.05) is 44.2 Å². The van der Waals surface area contributed by atoms with E-state index in [4.69, 9.17) is 9.47 Å². The minimum Gasteiger partial charge on any atom is -0.507 e. The third-order valence-corrected chi connectivity index (χ3v) is 6.36. The van der Waals surface area contributed by atoms with Gasteiger partial charge in [0.25, 0.3) is 11.7 Å². The highest BCUT2D eigenvalue weighted by Gasteiger charge is 2.47. The van der Waals surface area contributed by atoms with Gasteiger partial charge in [0.1, 0.15) is 17.3 Å². The number of aliphatic hydroxyl groups is 1.